The van der Waals surface area contributed by atoms with E-state index >= 15 is 0 Å². The number of imidazole rings is 1. The van der Waals surface area contributed by atoms with Gasteiger partial charge in [-0.05, 0) is 35.2 Å². The average Bonchev–Trinajstić information content (AvgIpc) is 3.46. The molecule has 0 bridgehead atoms. The molecule has 0 saturated carbocycles. The molecule has 1 N–H and O–H groups in total. The molecule has 1 aromatic heterocycles. The Bertz CT molecular complexity index is 1250. The van der Waals surface area contributed by atoms with Crippen molar-refractivity contribution in [2.75, 3.05) is 71.7 Å². The van der Waals surface area contributed by atoms with Crippen LogP contribution in [0.1, 0.15) is 34.7 Å². The van der Waals surface area contributed by atoms with E-state index in [0.29, 0.717) is 39.6 Å². The number of piperidine rings is 1. The first-order valence-corrected chi connectivity index (χ1v) is 15.2. The summed E-state index contributed by atoms with van der Waals surface area (Å²) in [7, 11) is 5.42. The smallest absolute Gasteiger partial charge is 0.142 e. The van der Waals surface area contributed by atoms with Gasteiger partial charge >= 0.3 is 0 Å². The lowest BCUT2D eigenvalue weighted by atomic mass is 9.85. The molecule has 2 aliphatic rings. The molecule has 0 unspecified atom stereocenters. The summed E-state index contributed by atoms with van der Waals surface area (Å²) in [5.74, 6) is 0.990. The van der Waals surface area contributed by atoms with Crippen LogP contribution in [0, 0.1) is 0 Å². The third-order valence-corrected chi connectivity index (χ3v) is 8.14. The summed E-state index contributed by atoms with van der Waals surface area (Å²) in [5.41, 5.74) is 5.62. The second-order valence-corrected chi connectivity index (χ2v) is 11.1. The highest BCUT2D eigenvalue weighted by Crippen LogP contribution is 2.35. The molecule has 1 saturated heterocycles. The quantitative estimate of drug-likeness (QED) is 0.250. The maximum Gasteiger partial charge on any atom is 0.142 e. The number of anilines is 1. The van der Waals surface area contributed by atoms with Crippen molar-refractivity contribution in [3.8, 4) is 5.75 Å². The van der Waals surface area contributed by atoms with E-state index in [1.54, 1.807) is 20.5 Å². The Morgan fingerprint density at radius 3 is 2.42 bits per heavy atom. The van der Waals surface area contributed by atoms with Gasteiger partial charge in [0.05, 0.1) is 75.7 Å². The maximum absolute atomic E-state index is 6.70. The van der Waals surface area contributed by atoms with Gasteiger partial charge < -0.3 is 43.2 Å². The summed E-state index contributed by atoms with van der Waals surface area (Å²) >= 11 is 0. The molecule has 1 fully saturated rings. The first kappa shape index (κ1) is 31.4. The van der Waals surface area contributed by atoms with Crippen LogP contribution in [0.25, 0.3) is 0 Å². The number of benzene rings is 2. The van der Waals surface area contributed by atoms with Gasteiger partial charge in [-0.1, -0.05) is 30.3 Å². The molecular formula is C33H46N4O6. The first-order chi connectivity index (χ1) is 21.2. The van der Waals surface area contributed by atoms with E-state index in [2.05, 4.69) is 57.7 Å². The molecular weight excluding hydrogens is 548 g/mol. The molecule has 0 spiro atoms. The largest absolute Gasteiger partial charge is 0.490 e. The molecule has 234 valence electrons. The van der Waals surface area contributed by atoms with Gasteiger partial charge in [0.15, 0.2) is 0 Å². The van der Waals surface area contributed by atoms with Crippen LogP contribution in [0.3, 0.4) is 0 Å². The predicted octanol–water partition coefficient (Wildman–Crippen LogP) is 3.68. The lowest BCUT2D eigenvalue weighted by Gasteiger charge is -2.39. The highest BCUT2D eigenvalue weighted by Gasteiger charge is 2.36. The molecule has 2 aromatic carbocycles. The van der Waals surface area contributed by atoms with Crippen LogP contribution in [-0.2, 0) is 50.6 Å². The number of hydrogen-bond acceptors (Lipinski definition) is 9. The number of methoxy groups -OCH3 is 2. The van der Waals surface area contributed by atoms with Crippen molar-refractivity contribution in [3.63, 3.8) is 0 Å². The highest BCUT2D eigenvalue weighted by molar-refractivity contribution is 5.61. The SMILES string of the molecule is COCCCN1CCOc2ccc(CO[C@H]3CNC[C@@H](OCc4cncn4C)[C@@H]3c3ccc(COCCOC)cc3)cc21. The minimum atomic E-state index is -0.0702. The van der Waals surface area contributed by atoms with Gasteiger partial charge in [0, 0.05) is 53.4 Å². The van der Waals surface area contributed by atoms with Crippen molar-refractivity contribution in [2.24, 2.45) is 7.05 Å². The monoisotopic (exact) mass is 594 g/mol. The molecule has 3 heterocycles. The van der Waals surface area contributed by atoms with Crippen molar-refractivity contribution in [2.45, 2.75) is 44.4 Å². The maximum atomic E-state index is 6.70. The zero-order valence-corrected chi connectivity index (χ0v) is 25.7. The van der Waals surface area contributed by atoms with Gasteiger partial charge in [-0.3, -0.25) is 0 Å². The minimum Gasteiger partial charge on any atom is -0.490 e. The normalized spacial score (nSPS) is 20.2. The van der Waals surface area contributed by atoms with E-state index in [4.69, 9.17) is 28.4 Å². The number of ether oxygens (including phenoxy) is 6. The molecule has 3 aromatic rings. The van der Waals surface area contributed by atoms with Crippen molar-refractivity contribution in [3.05, 3.63) is 77.4 Å². The molecule has 0 aliphatic carbocycles. The summed E-state index contributed by atoms with van der Waals surface area (Å²) in [4.78, 5) is 6.63. The van der Waals surface area contributed by atoms with Gasteiger partial charge in [-0.2, -0.15) is 0 Å². The van der Waals surface area contributed by atoms with E-state index in [9.17, 15) is 0 Å². The number of aromatic nitrogens is 2. The van der Waals surface area contributed by atoms with Gasteiger partial charge in [0.2, 0.25) is 0 Å². The van der Waals surface area contributed by atoms with Crippen LogP contribution < -0.4 is 15.0 Å². The molecule has 10 nitrogen and oxygen atoms in total. The predicted molar refractivity (Wildman–Crippen MR) is 165 cm³/mol. The van der Waals surface area contributed by atoms with Crippen LogP contribution in [-0.4, -0.2) is 88.6 Å². The summed E-state index contributed by atoms with van der Waals surface area (Å²) in [6.45, 7) is 7.46. The van der Waals surface area contributed by atoms with Crippen LogP contribution in [0.2, 0.25) is 0 Å². The molecule has 2 aliphatic heterocycles. The van der Waals surface area contributed by atoms with E-state index < -0.39 is 0 Å². The lowest BCUT2D eigenvalue weighted by molar-refractivity contribution is -0.0659. The van der Waals surface area contributed by atoms with Gasteiger partial charge in [-0.25, -0.2) is 4.98 Å². The van der Waals surface area contributed by atoms with Gasteiger partial charge in [-0.15, -0.1) is 0 Å². The third-order valence-electron chi connectivity index (χ3n) is 8.14. The zero-order valence-electron chi connectivity index (χ0n) is 25.7. The molecule has 5 rings (SSSR count). The minimum absolute atomic E-state index is 0.0597. The summed E-state index contributed by atoms with van der Waals surface area (Å²) in [6.07, 6.45) is 4.50. The Kier molecular flexibility index (Phi) is 11.8. The lowest BCUT2D eigenvalue weighted by Crippen LogP contribution is -2.50. The van der Waals surface area contributed by atoms with E-state index in [-0.39, 0.29) is 18.1 Å². The highest BCUT2D eigenvalue weighted by atomic mass is 16.5. The van der Waals surface area contributed by atoms with Crippen molar-refractivity contribution < 1.29 is 28.4 Å². The summed E-state index contributed by atoms with van der Waals surface area (Å²) in [5, 5.41) is 3.56. The number of fused-ring (bicyclic) bond motifs is 1. The molecule has 3 atom stereocenters. The summed E-state index contributed by atoms with van der Waals surface area (Å²) < 4.78 is 37.3. The second-order valence-electron chi connectivity index (χ2n) is 11.1. The first-order valence-electron chi connectivity index (χ1n) is 15.2. The third kappa shape index (κ3) is 8.56. The molecule has 43 heavy (non-hydrogen) atoms. The topological polar surface area (TPSA) is 88.5 Å². The standard InChI is InChI=1S/C33H46N4O6/c1-36-24-35-18-28(36)23-43-32-20-34-19-31(33(32)27-8-5-25(6-9-27)21-40-16-15-39-3)42-22-26-7-10-30-29(17-26)37(12-14-41-30)11-4-13-38-2/h5-10,17-18,24,31-34H,4,11-16,19-23H2,1-3H3/t31-,32+,33+/m0/s1. The van der Waals surface area contributed by atoms with Crippen molar-refractivity contribution in [1.82, 2.24) is 14.9 Å². The number of nitrogens with one attached hydrogen (secondary N) is 1. The van der Waals surface area contributed by atoms with Crippen molar-refractivity contribution >= 4 is 5.69 Å². The fraction of sp³-hybridized carbons (Fsp3) is 0.545. The Hall–Kier alpha value is -2.99. The van der Waals surface area contributed by atoms with E-state index in [0.717, 1.165) is 67.5 Å². The fourth-order valence-electron chi connectivity index (χ4n) is 5.74. The Labute approximate surface area is 255 Å². The number of nitrogens with zero attached hydrogens (tertiary/aromatic N) is 3. The number of rotatable bonds is 16. The Balaban J connectivity index is 1.29. The Morgan fingerprint density at radius 1 is 0.907 bits per heavy atom. The van der Waals surface area contributed by atoms with E-state index in [1.165, 1.54) is 5.56 Å². The fourth-order valence-corrected chi connectivity index (χ4v) is 5.74. The van der Waals surface area contributed by atoms with Crippen LogP contribution in [0.4, 0.5) is 5.69 Å². The van der Waals surface area contributed by atoms with Gasteiger partial charge in [0.1, 0.15) is 12.4 Å². The number of hydrogen-bond donors (Lipinski definition) is 1. The molecule has 0 radical (unpaired) electrons. The number of aryl methyl sites for hydroxylation is 1. The van der Waals surface area contributed by atoms with Crippen molar-refractivity contribution in [1.29, 1.82) is 0 Å². The molecule has 10 heteroatoms. The zero-order chi connectivity index (χ0) is 29.9. The van der Waals surface area contributed by atoms with Gasteiger partial charge in [0.25, 0.3) is 0 Å². The average molecular weight is 595 g/mol. The van der Waals surface area contributed by atoms with E-state index in [1.807, 2.05) is 17.8 Å². The Morgan fingerprint density at radius 2 is 1.67 bits per heavy atom. The second kappa shape index (κ2) is 16.2. The van der Waals surface area contributed by atoms with Crippen LogP contribution in [0.5, 0.6) is 5.75 Å². The van der Waals surface area contributed by atoms with Crippen LogP contribution >= 0.6 is 0 Å². The molecule has 0 amide bonds. The van der Waals surface area contributed by atoms with Crippen LogP contribution in [0.15, 0.2) is 55.0 Å². The summed E-state index contributed by atoms with van der Waals surface area (Å²) in [6, 6.07) is 15.0.